The number of carbonyl (C=O) groups excluding carboxylic acids is 2. The summed E-state index contributed by atoms with van der Waals surface area (Å²) >= 11 is 0. The molecule has 2 aromatic carbocycles. The molecule has 7 nitrogen and oxygen atoms in total. The average molecular weight is 415 g/mol. The van der Waals surface area contributed by atoms with Crippen LogP contribution in [-0.4, -0.2) is 50.6 Å². The van der Waals surface area contributed by atoms with Gasteiger partial charge in [0.1, 0.15) is 11.8 Å². The summed E-state index contributed by atoms with van der Waals surface area (Å²) in [5.41, 5.74) is 1.69. The molecule has 30 heavy (non-hydrogen) atoms. The SMILES string of the molecule is CCNC(=O)[C@H](C)N(Cc1ccc(OC)cc1)C(=O)Cc1ccc(OC)c(OC)c1. The first-order valence-electron chi connectivity index (χ1n) is 9.84. The first-order valence-corrected chi connectivity index (χ1v) is 9.84. The number of benzene rings is 2. The third-order valence-corrected chi connectivity index (χ3v) is 4.83. The quantitative estimate of drug-likeness (QED) is 0.647. The summed E-state index contributed by atoms with van der Waals surface area (Å²) in [6.07, 6.45) is 0.139. The molecule has 7 heteroatoms. The minimum absolute atomic E-state index is 0.139. The van der Waals surface area contributed by atoms with Gasteiger partial charge in [0.15, 0.2) is 11.5 Å². The molecule has 0 unspecified atom stereocenters. The lowest BCUT2D eigenvalue weighted by Crippen LogP contribution is -2.48. The van der Waals surface area contributed by atoms with Crippen LogP contribution in [0, 0.1) is 0 Å². The van der Waals surface area contributed by atoms with E-state index in [-0.39, 0.29) is 18.2 Å². The van der Waals surface area contributed by atoms with E-state index in [1.165, 1.54) is 0 Å². The van der Waals surface area contributed by atoms with Crippen molar-refractivity contribution in [2.75, 3.05) is 27.9 Å². The summed E-state index contributed by atoms with van der Waals surface area (Å²) in [5, 5.41) is 2.79. The number of hydrogen-bond donors (Lipinski definition) is 1. The van der Waals surface area contributed by atoms with Crippen molar-refractivity contribution < 1.29 is 23.8 Å². The van der Waals surface area contributed by atoms with Crippen LogP contribution in [0.3, 0.4) is 0 Å². The van der Waals surface area contributed by atoms with E-state index in [4.69, 9.17) is 14.2 Å². The van der Waals surface area contributed by atoms with Crippen LogP contribution < -0.4 is 19.5 Å². The second kappa shape index (κ2) is 11.1. The number of amides is 2. The molecular formula is C23H30N2O5. The van der Waals surface area contributed by atoms with Gasteiger partial charge >= 0.3 is 0 Å². The van der Waals surface area contributed by atoms with Crippen LogP contribution in [0.5, 0.6) is 17.2 Å². The lowest BCUT2D eigenvalue weighted by Gasteiger charge is -2.29. The van der Waals surface area contributed by atoms with Crippen molar-refractivity contribution in [1.82, 2.24) is 10.2 Å². The normalized spacial score (nSPS) is 11.4. The zero-order chi connectivity index (χ0) is 22.1. The molecule has 2 amide bonds. The van der Waals surface area contributed by atoms with Crippen LogP contribution >= 0.6 is 0 Å². The van der Waals surface area contributed by atoms with Crippen LogP contribution in [0.2, 0.25) is 0 Å². The first-order chi connectivity index (χ1) is 14.4. The van der Waals surface area contributed by atoms with Gasteiger partial charge in [-0.05, 0) is 49.2 Å². The highest BCUT2D eigenvalue weighted by Gasteiger charge is 2.26. The summed E-state index contributed by atoms with van der Waals surface area (Å²) in [4.78, 5) is 27.2. The Hall–Kier alpha value is -3.22. The van der Waals surface area contributed by atoms with Crippen molar-refractivity contribution in [3.05, 3.63) is 53.6 Å². The largest absolute Gasteiger partial charge is 0.497 e. The topological polar surface area (TPSA) is 77.1 Å². The molecule has 0 aliphatic rings. The van der Waals surface area contributed by atoms with Gasteiger partial charge in [0.05, 0.1) is 27.8 Å². The van der Waals surface area contributed by atoms with Crippen LogP contribution in [-0.2, 0) is 22.6 Å². The molecule has 0 aromatic heterocycles. The molecule has 1 N–H and O–H groups in total. The van der Waals surface area contributed by atoms with Gasteiger partial charge in [-0.25, -0.2) is 0 Å². The zero-order valence-electron chi connectivity index (χ0n) is 18.2. The number of methoxy groups -OCH3 is 3. The summed E-state index contributed by atoms with van der Waals surface area (Å²) < 4.78 is 15.8. The van der Waals surface area contributed by atoms with Gasteiger partial charge in [-0.2, -0.15) is 0 Å². The van der Waals surface area contributed by atoms with E-state index in [0.29, 0.717) is 24.6 Å². The van der Waals surface area contributed by atoms with Crippen LogP contribution in [0.25, 0.3) is 0 Å². The van der Waals surface area contributed by atoms with Crippen molar-refractivity contribution in [3.8, 4) is 17.2 Å². The van der Waals surface area contributed by atoms with E-state index in [0.717, 1.165) is 16.9 Å². The number of nitrogens with one attached hydrogen (secondary N) is 1. The summed E-state index contributed by atoms with van der Waals surface area (Å²) in [5.74, 6) is 1.54. The number of likely N-dealkylation sites (N-methyl/N-ethyl adjacent to an activating group) is 1. The first kappa shape index (κ1) is 23.1. The van der Waals surface area contributed by atoms with E-state index in [1.54, 1.807) is 45.3 Å². The molecule has 0 aliphatic carbocycles. The molecule has 0 saturated carbocycles. The van der Waals surface area contributed by atoms with Gasteiger partial charge in [-0.3, -0.25) is 9.59 Å². The summed E-state index contributed by atoms with van der Waals surface area (Å²) in [6, 6.07) is 12.2. The van der Waals surface area contributed by atoms with Gasteiger partial charge < -0.3 is 24.4 Å². The summed E-state index contributed by atoms with van der Waals surface area (Å²) in [6.45, 7) is 4.41. The Morgan fingerprint density at radius 3 is 2.13 bits per heavy atom. The maximum atomic E-state index is 13.2. The monoisotopic (exact) mass is 414 g/mol. The fraction of sp³-hybridized carbons (Fsp3) is 0.391. The van der Waals surface area contributed by atoms with Gasteiger partial charge in [0.25, 0.3) is 0 Å². The standard InChI is InChI=1S/C23H30N2O5/c1-6-24-23(27)16(2)25(15-17-7-10-19(28-3)11-8-17)22(26)14-18-9-12-20(29-4)21(13-18)30-5/h7-13,16H,6,14-15H2,1-5H3,(H,24,27)/t16-/m0/s1. The van der Waals surface area contributed by atoms with Gasteiger partial charge in [-0.15, -0.1) is 0 Å². The van der Waals surface area contributed by atoms with Crippen LogP contribution in [0.4, 0.5) is 0 Å². The molecule has 162 valence electrons. The molecular weight excluding hydrogens is 384 g/mol. The van der Waals surface area contributed by atoms with E-state index < -0.39 is 6.04 Å². The molecule has 2 aromatic rings. The molecule has 0 bridgehead atoms. The zero-order valence-corrected chi connectivity index (χ0v) is 18.2. The maximum Gasteiger partial charge on any atom is 0.242 e. The Morgan fingerprint density at radius 1 is 0.933 bits per heavy atom. The number of carbonyl (C=O) groups is 2. The lowest BCUT2D eigenvalue weighted by atomic mass is 10.1. The number of hydrogen-bond acceptors (Lipinski definition) is 5. The van der Waals surface area contributed by atoms with Crippen LogP contribution in [0.1, 0.15) is 25.0 Å². The minimum atomic E-state index is -0.611. The Labute approximate surface area is 177 Å². The number of nitrogens with zero attached hydrogens (tertiary/aromatic N) is 1. The minimum Gasteiger partial charge on any atom is -0.497 e. The van der Waals surface area contributed by atoms with Gasteiger partial charge in [0, 0.05) is 13.1 Å². The van der Waals surface area contributed by atoms with Crippen LogP contribution in [0.15, 0.2) is 42.5 Å². The second-order valence-corrected chi connectivity index (χ2v) is 6.81. The van der Waals surface area contributed by atoms with Crippen molar-refractivity contribution in [1.29, 1.82) is 0 Å². The highest BCUT2D eigenvalue weighted by Crippen LogP contribution is 2.28. The molecule has 0 fully saturated rings. The number of rotatable bonds is 10. The molecule has 0 saturated heterocycles. The molecule has 2 rings (SSSR count). The Kier molecular flexibility index (Phi) is 8.53. The van der Waals surface area contributed by atoms with Crippen molar-refractivity contribution in [2.24, 2.45) is 0 Å². The maximum absolute atomic E-state index is 13.2. The molecule has 0 radical (unpaired) electrons. The van der Waals surface area contributed by atoms with Crippen molar-refractivity contribution in [2.45, 2.75) is 32.9 Å². The smallest absolute Gasteiger partial charge is 0.242 e. The van der Waals surface area contributed by atoms with E-state index in [1.807, 2.05) is 37.3 Å². The third-order valence-electron chi connectivity index (χ3n) is 4.83. The Bertz CT molecular complexity index is 851. The summed E-state index contributed by atoms with van der Waals surface area (Å²) in [7, 11) is 4.72. The Morgan fingerprint density at radius 2 is 1.57 bits per heavy atom. The molecule has 0 spiro atoms. The van der Waals surface area contributed by atoms with Gasteiger partial charge in [-0.1, -0.05) is 18.2 Å². The molecule has 0 heterocycles. The highest BCUT2D eigenvalue weighted by atomic mass is 16.5. The predicted molar refractivity (Wildman–Crippen MR) is 115 cm³/mol. The molecule has 1 atom stereocenters. The van der Waals surface area contributed by atoms with Gasteiger partial charge in [0.2, 0.25) is 11.8 Å². The highest BCUT2D eigenvalue weighted by molar-refractivity contribution is 5.88. The predicted octanol–water partition coefficient (Wildman–Crippen LogP) is 2.81. The van der Waals surface area contributed by atoms with E-state index >= 15 is 0 Å². The Balaban J connectivity index is 2.25. The average Bonchev–Trinajstić information content (AvgIpc) is 2.77. The van der Waals surface area contributed by atoms with E-state index in [9.17, 15) is 9.59 Å². The second-order valence-electron chi connectivity index (χ2n) is 6.81. The van der Waals surface area contributed by atoms with Crippen molar-refractivity contribution in [3.63, 3.8) is 0 Å². The molecule has 0 aliphatic heterocycles. The van der Waals surface area contributed by atoms with Crippen molar-refractivity contribution >= 4 is 11.8 Å². The lowest BCUT2D eigenvalue weighted by molar-refractivity contribution is -0.140. The fourth-order valence-electron chi connectivity index (χ4n) is 3.10. The third kappa shape index (κ3) is 5.89. The fourth-order valence-corrected chi connectivity index (χ4v) is 3.10. The number of ether oxygens (including phenoxy) is 3. The van der Waals surface area contributed by atoms with E-state index in [2.05, 4.69) is 5.32 Å².